The standard InChI is InChI=1S/C15H16FN3O3/c1-21-14-8-17-7-12(14)18-15(20)11-6-13(22-19-11)9-2-4-10(16)5-3-9/h2-6,12,14,17H,7-8H2,1H3,(H,18,20)/t12-,14-/m0/s1. The molecule has 2 N–H and O–H groups in total. The first-order valence-corrected chi connectivity index (χ1v) is 6.94. The summed E-state index contributed by atoms with van der Waals surface area (Å²) in [5, 5.41) is 9.77. The summed E-state index contributed by atoms with van der Waals surface area (Å²) in [6.07, 6.45) is -0.0626. The van der Waals surface area contributed by atoms with E-state index in [9.17, 15) is 9.18 Å². The van der Waals surface area contributed by atoms with Gasteiger partial charge in [0.25, 0.3) is 5.91 Å². The SMILES string of the molecule is CO[C@H]1CNC[C@@H]1NC(=O)c1cc(-c2ccc(F)cc2)on1. The number of carbonyl (C=O) groups is 1. The highest BCUT2D eigenvalue weighted by Crippen LogP contribution is 2.20. The predicted octanol–water partition coefficient (Wildman–Crippen LogP) is 1.20. The van der Waals surface area contributed by atoms with Gasteiger partial charge in [-0.25, -0.2) is 4.39 Å². The van der Waals surface area contributed by atoms with Crippen LogP contribution in [0.2, 0.25) is 0 Å². The Kier molecular flexibility index (Phi) is 4.17. The van der Waals surface area contributed by atoms with E-state index in [-0.39, 0.29) is 29.6 Å². The number of amides is 1. The number of nitrogens with zero attached hydrogens (tertiary/aromatic N) is 1. The predicted molar refractivity (Wildman–Crippen MR) is 76.8 cm³/mol. The highest BCUT2D eigenvalue weighted by atomic mass is 19.1. The van der Waals surface area contributed by atoms with Gasteiger partial charge < -0.3 is 19.9 Å². The van der Waals surface area contributed by atoms with Crippen LogP contribution in [0.15, 0.2) is 34.9 Å². The second kappa shape index (κ2) is 6.25. The Morgan fingerprint density at radius 1 is 1.41 bits per heavy atom. The Bertz CT molecular complexity index is 656. The lowest BCUT2D eigenvalue weighted by Gasteiger charge is -2.17. The summed E-state index contributed by atoms with van der Waals surface area (Å²) in [5.41, 5.74) is 0.839. The van der Waals surface area contributed by atoms with Gasteiger partial charge in [-0.05, 0) is 24.3 Å². The van der Waals surface area contributed by atoms with Crippen molar-refractivity contribution in [1.82, 2.24) is 15.8 Å². The van der Waals surface area contributed by atoms with Crippen molar-refractivity contribution in [3.8, 4) is 11.3 Å². The van der Waals surface area contributed by atoms with Crippen molar-refractivity contribution in [2.75, 3.05) is 20.2 Å². The molecule has 1 aliphatic rings. The number of hydrogen-bond acceptors (Lipinski definition) is 5. The molecule has 2 aromatic rings. The Morgan fingerprint density at radius 3 is 2.91 bits per heavy atom. The van der Waals surface area contributed by atoms with Gasteiger partial charge >= 0.3 is 0 Å². The Labute approximate surface area is 126 Å². The van der Waals surface area contributed by atoms with Gasteiger partial charge in [0.2, 0.25) is 0 Å². The number of nitrogens with one attached hydrogen (secondary N) is 2. The average molecular weight is 305 g/mol. The van der Waals surface area contributed by atoms with E-state index in [1.807, 2.05) is 0 Å². The average Bonchev–Trinajstić information content (AvgIpc) is 3.16. The van der Waals surface area contributed by atoms with Gasteiger partial charge in [0, 0.05) is 31.8 Å². The third-order valence-electron chi connectivity index (χ3n) is 3.65. The van der Waals surface area contributed by atoms with Crippen LogP contribution in [0, 0.1) is 5.82 Å². The van der Waals surface area contributed by atoms with E-state index in [0.29, 0.717) is 24.4 Å². The van der Waals surface area contributed by atoms with E-state index in [1.54, 1.807) is 19.2 Å². The molecule has 0 spiro atoms. The Morgan fingerprint density at radius 2 is 2.18 bits per heavy atom. The minimum absolute atomic E-state index is 0.0626. The highest BCUT2D eigenvalue weighted by Gasteiger charge is 2.29. The molecule has 1 aromatic heterocycles. The van der Waals surface area contributed by atoms with Crippen molar-refractivity contribution in [3.05, 3.63) is 41.8 Å². The fraction of sp³-hybridized carbons (Fsp3) is 0.333. The number of methoxy groups -OCH3 is 1. The van der Waals surface area contributed by atoms with E-state index >= 15 is 0 Å². The number of benzene rings is 1. The maximum absolute atomic E-state index is 12.9. The summed E-state index contributed by atoms with van der Waals surface area (Å²) in [7, 11) is 1.61. The molecule has 0 saturated carbocycles. The summed E-state index contributed by atoms with van der Waals surface area (Å²) in [4.78, 5) is 12.2. The summed E-state index contributed by atoms with van der Waals surface area (Å²) >= 11 is 0. The molecule has 1 saturated heterocycles. The van der Waals surface area contributed by atoms with Crippen LogP contribution in [-0.4, -0.2) is 43.4 Å². The topological polar surface area (TPSA) is 76.4 Å². The maximum Gasteiger partial charge on any atom is 0.273 e. The second-order valence-electron chi connectivity index (χ2n) is 5.10. The molecule has 0 aliphatic carbocycles. The van der Waals surface area contributed by atoms with Crippen LogP contribution < -0.4 is 10.6 Å². The van der Waals surface area contributed by atoms with Gasteiger partial charge in [-0.1, -0.05) is 5.16 Å². The van der Waals surface area contributed by atoms with E-state index in [4.69, 9.17) is 9.26 Å². The van der Waals surface area contributed by atoms with Crippen LogP contribution in [0.1, 0.15) is 10.5 Å². The lowest BCUT2D eigenvalue weighted by Crippen LogP contribution is -2.43. The zero-order valence-electron chi connectivity index (χ0n) is 12.0. The Hall–Kier alpha value is -2.25. The third kappa shape index (κ3) is 3.00. The van der Waals surface area contributed by atoms with Gasteiger partial charge in [-0.15, -0.1) is 0 Å². The molecule has 7 heteroatoms. The number of rotatable bonds is 4. The number of aromatic nitrogens is 1. The van der Waals surface area contributed by atoms with Gasteiger partial charge in [-0.2, -0.15) is 0 Å². The van der Waals surface area contributed by atoms with Crippen LogP contribution in [-0.2, 0) is 4.74 Å². The first-order valence-electron chi connectivity index (χ1n) is 6.94. The first kappa shape index (κ1) is 14.7. The van der Waals surface area contributed by atoms with Crippen molar-refractivity contribution in [3.63, 3.8) is 0 Å². The molecule has 2 heterocycles. The second-order valence-corrected chi connectivity index (χ2v) is 5.10. The van der Waals surface area contributed by atoms with E-state index in [1.165, 1.54) is 18.2 Å². The van der Waals surface area contributed by atoms with Crippen LogP contribution in [0.5, 0.6) is 0 Å². The number of hydrogen-bond donors (Lipinski definition) is 2. The minimum Gasteiger partial charge on any atom is -0.378 e. The lowest BCUT2D eigenvalue weighted by atomic mass is 10.1. The fourth-order valence-corrected chi connectivity index (χ4v) is 2.42. The summed E-state index contributed by atoms with van der Waals surface area (Å²) < 4.78 is 23.3. The molecule has 1 fully saturated rings. The van der Waals surface area contributed by atoms with Crippen LogP contribution in [0.4, 0.5) is 4.39 Å². The zero-order valence-corrected chi connectivity index (χ0v) is 12.0. The van der Waals surface area contributed by atoms with Crippen LogP contribution >= 0.6 is 0 Å². The molecule has 0 unspecified atom stereocenters. The zero-order chi connectivity index (χ0) is 15.5. The monoisotopic (exact) mass is 305 g/mol. The van der Waals surface area contributed by atoms with E-state index in [0.717, 1.165) is 0 Å². The van der Waals surface area contributed by atoms with Crippen molar-refractivity contribution in [2.24, 2.45) is 0 Å². The first-order chi connectivity index (χ1) is 10.7. The third-order valence-corrected chi connectivity index (χ3v) is 3.65. The van der Waals surface area contributed by atoms with Crippen LogP contribution in [0.25, 0.3) is 11.3 Å². The minimum atomic E-state index is -0.333. The number of halogens is 1. The van der Waals surface area contributed by atoms with Crippen LogP contribution in [0.3, 0.4) is 0 Å². The largest absolute Gasteiger partial charge is 0.378 e. The molecule has 2 atom stereocenters. The number of ether oxygens (including phenoxy) is 1. The lowest BCUT2D eigenvalue weighted by molar-refractivity contribution is 0.0773. The summed E-state index contributed by atoms with van der Waals surface area (Å²) in [6.45, 7) is 1.34. The highest BCUT2D eigenvalue weighted by molar-refractivity contribution is 5.93. The number of carbonyl (C=O) groups excluding carboxylic acids is 1. The van der Waals surface area contributed by atoms with Gasteiger partial charge in [0.15, 0.2) is 11.5 Å². The van der Waals surface area contributed by atoms with Gasteiger partial charge in [0.1, 0.15) is 5.82 Å². The molecule has 22 heavy (non-hydrogen) atoms. The Balaban J connectivity index is 1.70. The van der Waals surface area contributed by atoms with E-state index in [2.05, 4.69) is 15.8 Å². The molecular formula is C15H16FN3O3. The van der Waals surface area contributed by atoms with Crippen molar-refractivity contribution >= 4 is 5.91 Å². The molecule has 3 rings (SSSR count). The van der Waals surface area contributed by atoms with Crippen molar-refractivity contribution < 1.29 is 18.4 Å². The fourth-order valence-electron chi connectivity index (χ4n) is 2.42. The smallest absolute Gasteiger partial charge is 0.273 e. The molecule has 1 aromatic carbocycles. The molecule has 1 aliphatic heterocycles. The summed E-state index contributed by atoms with van der Waals surface area (Å²) in [5.74, 6) is -0.244. The normalized spacial score (nSPS) is 21.0. The molecule has 6 nitrogen and oxygen atoms in total. The molecule has 0 bridgehead atoms. The molecule has 0 radical (unpaired) electrons. The molecule has 1 amide bonds. The maximum atomic E-state index is 12.9. The quantitative estimate of drug-likeness (QED) is 0.887. The van der Waals surface area contributed by atoms with Crippen molar-refractivity contribution in [1.29, 1.82) is 0 Å². The van der Waals surface area contributed by atoms with Gasteiger partial charge in [-0.3, -0.25) is 4.79 Å². The molecular weight excluding hydrogens is 289 g/mol. The molecule has 116 valence electrons. The summed E-state index contributed by atoms with van der Waals surface area (Å²) in [6, 6.07) is 7.21. The van der Waals surface area contributed by atoms with E-state index < -0.39 is 0 Å². The van der Waals surface area contributed by atoms with Crippen molar-refractivity contribution in [2.45, 2.75) is 12.1 Å². The van der Waals surface area contributed by atoms with Gasteiger partial charge in [0.05, 0.1) is 12.1 Å².